The molecule has 1 atom stereocenters. The summed E-state index contributed by atoms with van der Waals surface area (Å²) in [6, 6.07) is 23.1. The lowest BCUT2D eigenvalue weighted by Crippen LogP contribution is -2.02. The third-order valence-corrected chi connectivity index (χ3v) is 4.45. The van der Waals surface area contributed by atoms with Crippen LogP contribution in [-0.2, 0) is 6.61 Å². The highest BCUT2D eigenvalue weighted by Crippen LogP contribution is 2.33. The van der Waals surface area contributed by atoms with Crippen LogP contribution in [-0.4, -0.2) is 12.2 Å². The first kappa shape index (κ1) is 17.5. The average Bonchev–Trinajstić information content (AvgIpc) is 2.67. The number of aliphatic hydroxyl groups excluding tert-OH is 1. The van der Waals surface area contributed by atoms with Crippen molar-refractivity contribution >= 4 is 15.9 Å². The van der Waals surface area contributed by atoms with E-state index in [1.54, 1.807) is 7.11 Å². The van der Waals surface area contributed by atoms with Gasteiger partial charge in [0.05, 0.1) is 7.11 Å². The molecule has 3 aromatic carbocycles. The first-order chi connectivity index (χ1) is 12.2. The molecule has 1 N–H and O–H groups in total. The van der Waals surface area contributed by atoms with Crippen molar-refractivity contribution in [3.8, 4) is 11.5 Å². The summed E-state index contributed by atoms with van der Waals surface area (Å²) in [4.78, 5) is 0. The van der Waals surface area contributed by atoms with Gasteiger partial charge in [0.15, 0.2) is 11.5 Å². The molecule has 0 bridgehead atoms. The number of ether oxygens (including phenoxy) is 2. The van der Waals surface area contributed by atoms with E-state index in [-0.39, 0.29) is 0 Å². The molecule has 3 aromatic rings. The topological polar surface area (TPSA) is 38.7 Å². The lowest BCUT2D eigenvalue weighted by molar-refractivity contribution is 0.219. The molecule has 0 fully saturated rings. The van der Waals surface area contributed by atoms with Gasteiger partial charge in [0.2, 0.25) is 0 Å². The predicted molar refractivity (Wildman–Crippen MR) is 102 cm³/mol. The summed E-state index contributed by atoms with van der Waals surface area (Å²) in [5.41, 5.74) is 2.66. The van der Waals surface area contributed by atoms with Crippen LogP contribution >= 0.6 is 15.9 Å². The minimum Gasteiger partial charge on any atom is -0.493 e. The molecular weight excluding hydrogens is 380 g/mol. The van der Waals surface area contributed by atoms with E-state index >= 15 is 0 Å². The first-order valence-corrected chi connectivity index (χ1v) is 8.75. The Hall–Kier alpha value is -2.30. The molecular formula is C21H19BrO3. The third kappa shape index (κ3) is 4.41. The number of rotatable bonds is 6. The zero-order chi connectivity index (χ0) is 17.6. The fourth-order valence-corrected chi connectivity index (χ4v) is 2.81. The van der Waals surface area contributed by atoms with Crippen LogP contribution in [0.1, 0.15) is 22.8 Å². The fraction of sp³-hybridized carbons (Fsp3) is 0.143. The third-order valence-electron chi connectivity index (χ3n) is 3.93. The van der Waals surface area contributed by atoms with Crippen molar-refractivity contribution in [3.05, 3.63) is 94.0 Å². The molecule has 3 nitrogen and oxygen atoms in total. The lowest BCUT2D eigenvalue weighted by atomic mass is 10.0. The summed E-state index contributed by atoms with van der Waals surface area (Å²) < 4.78 is 12.3. The quantitative estimate of drug-likeness (QED) is 0.626. The fourth-order valence-electron chi connectivity index (χ4n) is 2.55. The van der Waals surface area contributed by atoms with Gasteiger partial charge in [-0.15, -0.1) is 0 Å². The smallest absolute Gasteiger partial charge is 0.161 e. The number of hydrogen-bond donors (Lipinski definition) is 1. The molecule has 0 aromatic heterocycles. The molecule has 0 spiro atoms. The van der Waals surface area contributed by atoms with Gasteiger partial charge in [-0.1, -0.05) is 64.5 Å². The van der Waals surface area contributed by atoms with Crippen LogP contribution in [0.25, 0.3) is 0 Å². The van der Waals surface area contributed by atoms with E-state index in [0.717, 1.165) is 21.2 Å². The van der Waals surface area contributed by atoms with Crippen molar-refractivity contribution in [2.24, 2.45) is 0 Å². The zero-order valence-electron chi connectivity index (χ0n) is 13.9. The van der Waals surface area contributed by atoms with Gasteiger partial charge in [0.25, 0.3) is 0 Å². The summed E-state index contributed by atoms with van der Waals surface area (Å²) in [7, 11) is 1.60. The van der Waals surface area contributed by atoms with E-state index in [2.05, 4.69) is 15.9 Å². The first-order valence-electron chi connectivity index (χ1n) is 7.95. The van der Waals surface area contributed by atoms with Crippen LogP contribution in [0.15, 0.2) is 77.3 Å². The van der Waals surface area contributed by atoms with Gasteiger partial charge < -0.3 is 14.6 Å². The maximum atomic E-state index is 10.6. The average molecular weight is 399 g/mol. The largest absolute Gasteiger partial charge is 0.493 e. The van der Waals surface area contributed by atoms with Gasteiger partial charge in [-0.25, -0.2) is 0 Å². The van der Waals surface area contributed by atoms with E-state index in [1.165, 1.54) is 0 Å². The van der Waals surface area contributed by atoms with Gasteiger partial charge >= 0.3 is 0 Å². The second kappa shape index (κ2) is 8.19. The molecule has 0 aliphatic rings. The Bertz CT molecular complexity index is 816. The summed E-state index contributed by atoms with van der Waals surface area (Å²) in [5, 5.41) is 10.6. The maximum absolute atomic E-state index is 10.6. The molecule has 4 heteroatoms. The molecule has 25 heavy (non-hydrogen) atoms. The number of methoxy groups -OCH3 is 1. The Morgan fingerprint density at radius 3 is 2.24 bits per heavy atom. The van der Waals surface area contributed by atoms with Crippen molar-refractivity contribution in [2.45, 2.75) is 12.7 Å². The van der Waals surface area contributed by atoms with Crippen LogP contribution < -0.4 is 9.47 Å². The van der Waals surface area contributed by atoms with E-state index in [0.29, 0.717) is 18.1 Å². The van der Waals surface area contributed by atoms with Crippen molar-refractivity contribution in [1.29, 1.82) is 0 Å². The van der Waals surface area contributed by atoms with Crippen LogP contribution in [0.3, 0.4) is 0 Å². The second-order valence-corrected chi connectivity index (χ2v) is 6.55. The predicted octanol–water partition coefficient (Wildman–Crippen LogP) is 5.12. The van der Waals surface area contributed by atoms with Crippen LogP contribution in [0.5, 0.6) is 11.5 Å². The Balaban J connectivity index is 1.78. The molecule has 0 aliphatic heterocycles. The molecule has 1 unspecified atom stereocenters. The molecule has 0 heterocycles. The monoisotopic (exact) mass is 398 g/mol. The highest BCUT2D eigenvalue weighted by atomic mass is 79.9. The van der Waals surface area contributed by atoms with Crippen molar-refractivity contribution in [3.63, 3.8) is 0 Å². The molecule has 0 aliphatic carbocycles. The number of hydrogen-bond acceptors (Lipinski definition) is 3. The zero-order valence-corrected chi connectivity index (χ0v) is 15.4. The molecule has 3 rings (SSSR count). The molecule has 0 radical (unpaired) electrons. The highest BCUT2D eigenvalue weighted by Gasteiger charge is 2.14. The van der Waals surface area contributed by atoms with Crippen LogP contribution in [0.4, 0.5) is 0 Å². The summed E-state index contributed by atoms with van der Waals surface area (Å²) >= 11 is 3.40. The van der Waals surface area contributed by atoms with E-state index in [9.17, 15) is 5.11 Å². The molecule has 0 saturated carbocycles. The normalized spacial score (nSPS) is 11.8. The second-order valence-electron chi connectivity index (χ2n) is 5.64. The van der Waals surface area contributed by atoms with Gasteiger partial charge in [-0.05, 0) is 41.0 Å². The Kier molecular flexibility index (Phi) is 5.74. The highest BCUT2D eigenvalue weighted by molar-refractivity contribution is 9.10. The Morgan fingerprint density at radius 2 is 1.56 bits per heavy atom. The minimum atomic E-state index is -0.717. The van der Waals surface area contributed by atoms with Crippen molar-refractivity contribution < 1.29 is 14.6 Å². The minimum absolute atomic E-state index is 0.464. The summed E-state index contributed by atoms with van der Waals surface area (Å²) in [6.45, 7) is 0.464. The number of halogens is 1. The lowest BCUT2D eigenvalue weighted by Gasteiger charge is -2.16. The van der Waals surface area contributed by atoms with Crippen molar-refractivity contribution in [2.75, 3.05) is 7.11 Å². The van der Waals surface area contributed by atoms with Gasteiger partial charge in [-0.3, -0.25) is 0 Å². The molecule has 0 amide bonds. The van der Waals surface area contributed by atoms with Gasteiger partial charge in [-0.2, -0.15) is 0 Å². The Labute approximate surface area is 156 Å². The molecule has 0 saturated heterocycles. The van der Waals surface area contributed by atoms with Crippen LogP contribution in [0.2, 0.25) is 0 Å². The molecule has 128 valence electrons. The maximum Gasteiger partial charge on any atom is 0.161 e. The number of aliphatic hydroxyl groups is 1. The summed E-state index contributed by atoms with van der Waals surface area (Å²) in [5.74, 6) is 1.25. The Morgan fingerprint density at radius 1 is 0.880 bits per heavy atom. The standard InChI is InChI=1S/C21H19BrO3/c1-24-20-13-17(21(23)16-7-10-18(22)11-8-16)9-12-19(20)25-14-15-5-3-2-4-6-15/h2-13,21,23H,14H2,1H3. The van der Waals surface area contributed by atoms with Crippen molar-refractivity contribution in [1.82, 2.24) is 0 Å². The van der Waals surface area contributed by atoms with E-state index in [1.807, 2.05) is 72.8 Å². The van der Waals surface area contributed by atoms with E-state index in [4.69, 9.17) is 9.47 Å². The SMILES string of the molecule is COc1cc(C(O)c2ccc(Br)cc2)ccc1OCc1ccccc1. The van der Waals surface area contributed by atoms with Gasteiger partial charge in [0.1, 0.15) is 12.7 Å². The van der Waals surface area contributed by atoms with Crippen LogP contribution in [0, 0.1) is 0 Å². The van der Waals surface area contributed by atoms with E-state index < -0.39 is 6.10 Å². The number of benzene rings is 3. The summed E-state index contributed by atoms with van der Waals surface area (Å²) in [6.07, 6.45) is -0.717. The van der Waals surface area contributed by atoms with Gasteiger partial charge in [0, 0.05) is 4.47 Å².